The molecular weight excluding hydrogens is 360 g/mol. The van der Waals surface area contributed by atoms with Crippen molar-refractivity contribution < 1.29 is 13.9 Å². The molecule has 0 spiro atoms. The largest absolute Gasteiger partial charge is 0.461 e. The summed E-state index contributed by atoms with van der Waals surface area (Å²) in [5, 5.41) is 0.0812. The van der Waals surface area contributed by atoms with E-state index in [2.05, 4.69) is 45.8 Å². The average molecular weight is 387 g/mol. The molecule has 1 saturated heterocycles. The molecule has 0 amide bonds. The van der Waals surface area contributed by atoms with Gasteiger partial charge < -0.3 is 13.9 Å². The van der Waals surface area contributed by atoms with Crippen LogP contribution in [0.2, 0.25) is 18.1 Å². The zero-order chi connectivity index (χ0) is 18.6. The summed E-state index contributed by atoms with van der Waals surface area (Å²) in [5.41, 5.74) is -1.08. The van der Waals surface area contributed by atoms with E-state index in [1.54, 1.807) is 10.8 Å². The van der Waals surface area contributed by atoms with Gasteiger partial charge >= 0.3 is 6.01 Å². The Morgan fingerprint density at radius 1 is 1.48 bits per heavy atom. The molecule has 3 rings (SSSR count). The predicted octanol–water partition coefficient (Wildman–Crippen LogP) is 3.17. The highest BCUT2D eigenvalue weighted by Gasteiger charge is 2.59. The third-order valence-electron chi connectivity index (χ3n) is 5.78. The number of fused-ring (bicyclic) bond motifs is 4. The Hall–Kier alpha value is -0.893. The van der Waals surface area contributed by atoms with Gasteiger partial charge in [0, 0.05) is 18.2 Å². The van der Waals surface area contributed by atoms with Crippen LogP contribution in [0.3, 0.4) is 0 Å². The number of nitrogens with zero attached hydrogens (tertiary/aromatic N) is 2. The lowest BCUT2D eigenvalue weighted by molar-refractivity contribution is -0.0903. The molecule has 0 aliphatic carbocycles. The number of halogens is 1. The van der Waals surface area contributed by atoms with Crippen molar-refractivity contribution in [3.8, 4) is 6.01 Å². The summed E-state index contributed by atoms with van der Waals surface area (Å²) in [4.78, 5) is 15.5. The Morgan fingerprint density at radius 2 is 2.16 bits per heavy atom. The van der Waals surface area contributed by atoms with Crippen molar-refractivity contribution in [1.82, 2.24) is 9.55 Å². The molecule has 2 aliphatic heterocycles. The first-order valence-electron chi connectivity index (χ1n) is 8.64. The highest BCUT2D eigenvalue weighted by Crippen LogP contribution is 2.49. The zero-order valence-corrected chi connectivity index (χ0v) is 17.5. The minimum Gasteiger partial charge on any atom is -0.461 e. The van der Waals surface area contributed by atoms with Crippen LogP contribution in [-0.4, -0.2) is 42.1 Å². The third-order valence-corrected chi connectivity index (χ3v) is 10.7. The normalized spacial score (nSPS) is 32.0. The molecule has 1 aromatic rings. The summed E-state index contributed by atoms with van der Waals surface area (Å²) >= 11 is 6.35. The van der Waals surface area contributed by atoms with Crippen LogP contribution < -0.4 is 10.3 Å². The molecule has 2 bridgehead atoms. The van der Waals surface area contributed by atoms with Crippen LogP contribution in [0.4, 0.5) is 0 Å². The maximum atomic E-state index is 11.6. The van der Waals surface area contributed by atoms with Crippen molar-refractivity contribution in [3.63, 3.8) is 0 Å². The van der Waals surface area contributed by atoms with Crippen LogP contribution in [0.15, 0.2) is 17.1 Å². The summed E-state index contributed by atoms with van der Waals surface area (Å²) in [6.45, 7) is 13.4. The maximum absolute atomic E-state index is 11.6. The summed E-state index contributed by atoms with van der Waals surface area (Å²) < 4.78 is 20.7. The molecule has 140 valence electrons. The average Bonchev–Trinajstić information content (AvgIpc) is 2.68. The Labute approximate surface area is 154 Å². The smallest absolute Gasteiger partial charge is 0.301 e. The number of aromatic nitrogens is 2. The van der Waals surface area contributed by atoms with Gasteiger partial charge in [-0.1, -0.05) is 27.7 Å². The quantitative estimate of drug-likeness (QED) is 0.589. The highest BCUT2D eigenvalue weighted by atomic mass is 35.5. The van der Waals surface area contributed by atoms with E-state index in [1.165, 1.54) is 6.07 Å². The molecule has 3 heterocycles. The van der Waals surface area contributed by atoms with Crippen LogP contribution in [0.1, 0.15) is 33.9 Å². The van der Waals surface area contributed by atoms with E-state index in [0.717, 1.165) is 0 Å². The minimum atomic E-state index is -2.02. The van der Waals surface area contributed by atoms with Crippen LogP contribution >= 0.6 is 11.6 Å². The molecule has 0 N–H and O–H groups in total. The van der Waals surface area contributed by atoms with Crippen molar-refractivity contribution in [3.05, 3.63) is 22.6 Å². The summed E-state index contributed by atoms with van der Waals surface area (Å²) in [7, 11) is -2.02. The second-order valence-electron chi connectivity index (χ2n) is 8.61. The second kappa shape index (κ2) is 6.08. The van der Waals surface area contributed by atoms with Gasteiger partial charge in [-0.05, 0) is 18.1 Å². The number of ether oxygens (including phenoxy) is 2. The van der Waals surface area contributed by atoms with E-state index in [4.69, 9.17) is 25.5 Å². The van der Waals surface area contributed by atoms with Gasteiger partial charge in [-0.25, -0.2) is 0 Å². The van der Waals surface area contributed by atoms with E-state index >= 15 is 0 Å². The van der Waals surface area contributed by atoms with Crippen molar-refractivity contribution in [2.75, 3.05) is 12.5 Å². The van der Waals surface area contributed by atoms with Crippen LogP contribution in [0.5, 0.6) is 6.01 Å². The van der Waals surface area contributed by atoms with Crippen LogP contribution in [0.25, 0.3) is 0 Å². The number of alkyl halides is 1. The molecule has 0 saturated carbocycles. The lowest BCUT2D eigenvalue weighted by Crippen LogP contribution is -2.55. The number of hydrogen-bond acceptors (Lipinski definition) is 5. The molecule has 0 radical (unpaired) electrons. The summed E-state index contributed by atoms with van der Waals surface area (Å²) in [6.07, 6.45) is 1.17. The van der Waals surface area contributed by atoms with Gasteiger partial charge in [-0.15, -0.1) is 11.6 Å². The molecule has 25 heavy (non-hydrogen) atoms. The molecule has 0 aromatic carbocycles. The van der Waals surface area contributed by atoms with Gasteiger partial charge in [0.05, 0.1) is 12.0 Å². The van der Waals surface area contributed by atoms with E-state index in [9.17, 15) is 4.79 Å². The van der Waals surface area contributed by atoms with Gasteiger partial charge in [0.25, 0.3) is 5.56 Å². The number of hydrogen-bond donors (Lipinski definition) is 0. The fourth-order valence-electron chi connectivity index (χ4n) is 3.21. The van der Waals surface area contributed by atoms with Gasteiger partial charge in [0.1, 0.15) is 18.4 Å². The Kier molecular flexibility index (Phi) is 4.59. The third kappa shape index (κ3) is 3.05. The molecule has 2 aliphatic rings. The lowest BCUT2D eigenvalue weighted by atomic mass is 9.92. The number of rotatable bonds is 3. The SMILES string of the molecule is C[C@H]1C(O[Si](C)(C)C(C)(C)C)[C@@]2(CCl)COc3nc(=O)ccn3[C@@H]1O2. The van der Waals surface area contributed by atoms with Crippen molar-refractivity contribution in [1.29, 1.82) is 0 Å². The first-order valence-corrected chi connectivity index (χ1v) is 12.1. The minimum absolute atomic E-state index is 0.0554. The van der Waals surface area contributed by atoms with Crippen LogP contribution in [-0.2, 0) is 9.16 Å². The Morgan fingerprint density at radius 3 is 2.76 bits per heavy atom. The van der Waals surface area contributed by atoms with Gasteiger partial charge in [-0.3, -0.25) is 9.36 Å². The first-order chi connectivity index (χ1) is 11.5. The molecular formula is C17H27ClN2O4Si. The topological polar surface area (TPSA) is 62.6 Å². The monoisotopic (exact) mass is 386 g/mol. The van der Waals surface area contributed by atoms with Crippen molar-refractivity contribution in [2.24, 2.45) is 5.92 Å². The van der Waals surface area contributed by atoms with Gasteiger partial charge in [0.2, 0.25) is 0 Å². The summed E-state index contributed by atoms with van der Waals surface area (Å²) in [6, 6.07) is 1.70. The Balaban J connectivity index is 2.00. The van der Waals surface area contributed by atoms with Crippen molar-refractivity contribution >= 4 is 19.9 Å². The molecule has 8 heteroatoms. The zero-order valence-electron chi connectivity index (χ0n) is 15.7. The Bertz CT molecular complexity index is 717. The first kappa shape index (κ1) is 18.9. The fourth-order valence-corrected chi connectivity index (χ4v) is 4.92. The molecule has 1 fully saturated rings. The molecule has 1 aromatic heterocycles. The molecule has 6 nitrogen and oxygen atoms in total. The van der Waals surface area contributed by atoms with E-state index in [1.807, 2.05) is 0 Å². The maximum Gasteiger partial charge on any atom is 0.301 e. The standard InChI is InChI=1S/C17H27ClN2O4Si/c1-11-13(24-25(5,6)16(2,3)4)17(9-18)10-22-15-19-12(21)7-8-20(15)14(11)23-17/h7-8,11,13-14H,9-10H2,1-6H3/t11-,13?,14+,17+/m0/s1. The fraction of sp³-hybridized carbons (Fsp3) is 0.765. The van der Waals surface area contributed by atoms with Crippen molar-refractivity contribution in [2.45, 2.75) is 63.8 Å². The molecule has 4 atom stereocenters. The van der Waals surface area contributed by atoms with E-state index < -0.39 is 13.9 Å². The van der Waals surface area contributed by atoms with E-state index in [0.29, 0.717) is 0 Å². The lowest BCUT2D eigenvalue weighted by Gasteiger charge is -2.43. The van der Waals surface area contributed by atoms with Gasteiger partial charge in [-0.2, -0.15) is 4.98 Å². The molecule has 1 unspecified atom stereocenters. The van der Waals surface area contributed by atoms with Gasteiger partial charge in [0.15, 0.2) is 8.32 Å². The summed E-state index contributed by atoms with van der Waals surface area (Å²) in [5.74, 6) is 0.311. The van der Waals surface area contributed by atoms with Crippen LogP contribution in [0, 0.1) is 5.92 Å². The second-order valence-corrected chi connectivity index (χ2v) is 13.6. The predicted molar refractivity (Wildman–Crippen MR) is 98.8 cm³/mol. The highest BCUT2D eigenvalue weighted by molar-refractivity contribution is 6.74. The van der Waals surface area contributed by atoms with E-state index in [-0.39, 0.29) is 47.3 Å².